The van der Waals surface area contributed by atoms with Gasteiger partial charge in [-0.3, -0.25) is 19.8 Å². The van der Waals surface area contributed by atoms with Crippen molar-refractivity contribution < 1.29 is 14.5 Å². The summed E-state index contributed by atoms with van der Waals surface area (Å²) >= 11 is 1.29. The van der Waals surface area contributed by atoms with Crippen LogP contribution < -0.4 is 10.1 Å². The summed E-state index contributed by atoms with van der Waals surface area (Å²) in [7, 11) is 0. The van der Waals surface area contributed by atoms with Crippen molar-refractivity contribution in [2.45, 2.75) is 75.8 Å². The smallest absolute Gasteiger partial charge is 0.284 e. The van der Waals surface area contributed by atoms with Gasteiger partial charge in [0.15, 0.2) is 0 Å². The molecule has 1 atom stereocenters. The Morgan fingerprint density at radius 3 is 2.60 bits per heavy atom. The second kappa shape index (κ2) is 11.0. The molecule has 190 valence electrons. The number of hydrogen-bond acceptors (Lipinski definition) is 6. The van der Waals surface area contributed by atoms with Gasteiger partial charge in [0.1, 0.15) is 11.4 Å². The van der Waals surface area contributed by atoms with Gasteiger partial charge in [-0.2, -0.15) is 0 Å². The number of hydrogen-bond donors (Lipinski definition) is 1. The topological polar surface area (TPSA) is 84.7 Å². The molecule has 1 N–H and O–H groups in total. The molecule has 0 aromatic heterocycles. The summed E-state index contributed by atoms with van der Waals surface area (Å²) in [5.41, 5.74) is -0.256. The molecular weight excluding hydrogens is 462 g/mol. The van der Waals surface area contributed by atoms with Crippen LogP contribution in [-0.2, 0) is 0 Å². The number of benzene rings is 2. The second-order valence-corrected chi connectivity index (χ2v) is 11.6. The molecule has 1 amide bonds. The van der Waals surface area contributed by atoms with Crippen LogP contribution >= 0.6 is 11.8 Å². The van der Waals surface area contributed by atoms with E-state index in [1.807, 2.05) is 38.1 Å². The molecule has 1 aliphatic heterocycles. The van der Waals surface area contributed by atoms with E-state index in [-0.39, 0.29) is 17.0 Å². The third-order valence-corrected chi connectivity index (χ3v) is 8.09. The van der Waals surface area contributed by atoms with Crippen molar-refractivity contribution in [2.24, 2.45) is 5.41 Å². The van der Waals surface area contributed by atoms with Gasteiger partial charge >= 0.3 is 0 Å². The van der Waals surface area contributed by atoms with Crippen molar-refractivity contribution in [3.63, 3.8) is 0 Å². The van der Waals surface area contributed by atoms with Crippen LogP contribution in [-0.4, -0.2) is 47.0 Å². The summed E-state index contributed by atoms with van der Waals surface area (Å²) in [6.45, 7) is 15.1. The van der Waals surface area contributed by atoms with E-state index >= 15 is 0 Å². The molecule has 0 bridgehead atoms. The zero-order valence-electron chi connectivity index (χ0n) is 21.6. The Hall–Kier alpha value is -2.58. The number of ether oxygens (including phenoxy) is 1. The van der Waals surface area contributed by atoms with Crippen molar-refractivity contribution in [1.29, 1.82) is 0 Å². The Morgan fingerprint density at radius 2 is 1.94 bits per heavy atom. The highest BCUT2D eigenvalue weighted by atomic mass is 32.2. The number of nitrogens with zero attached hydrogens (tertiary/aromatic N) is 2. The van der Waals surface area contributed by atoms with Gasteiger partial charge in [0.2, 0.25) is 0 Å². The largest absolute Gasteiger partial charge is 0.487 e. The molecule has 1 fully saturated rings. The number of likely N-dealkylation sites (tertiary alicyclic amines) is 1. The summed E-state index contributed by atoms with van der Waals surface area (Å²) in [5.74, 6) is 0.425. The number of carbonyl (C=O) groups is 1. The van der Waals surface area contributed by atoms with E-state index in [0.29, 0.717) is 28.8 Å². The summed E-state index contributed by atoms with van der Waals surface area (Å²) in [6, 6.07) is 12.6. The summed E-state index contributed by atoms with van der Waals surface area (Å²) < 4.78 is 6.25. The molecule has 1 aliphatic rings. The maximum Gasteiger partial charge on any atom is 0.284 e. The highest BCUT2D eigenvalue weighted by Crippen LogP contribution is 2.39. The normalized spacial score (nSPS) is 16.8. The van der Waals surface area contributed by atoms with Gasteiger partial charge in [-0.15, -0.1) is 0 Å². The summed E-state index contributed by atoms with van der Waals surface area (Å²) in [4.78, 5) is 27.8. The average Bonchev–Trinajstić information content (AvgIpc) is 3.24. The first-order valence-corrected chi connectivity index (χ1v) is 13.0. The predicted octanol–water partition coefficient (Wildman–Crippen LogP) is 6.16. The molecule has 1 saturated heterocycles. The van der Waals surface area contributed by atoms with Crippen LogP contribution in [0.4, 0.5) is 5.69 Å². The molecule has 7 nitrogen and oxygen atoms in total. The molecule has 3 rings (SSSR count). The molecule has 2 aromatic carbocycles. The minimum Gasteiger partial charge on any atom is -0.487 e. The van der Waals surface area contributed by atoms with Crippen LogP contribution in [0.1, 0.15) is 64.7 Å². The molecule has 1 unspecified atom stereocenters. The SMILES string of the molecule is CCN1CCCC1CNC(=O)c1ccc(Sc2cccc(OC(C)(C)C(C)(C)C)c2)c([N+](=O)[O-])c1. The average molecular weight is 500 g/mol. The van der Waals surface area contributed by atoms with E-state index in [2.05, 4.69) is 37.9 Å². The molecule has 0 saturated carbocycles. The fraction of sp³-hybridized carbons (Fsp3) is 0.519. The number of nitrogens with one attached hydrogen (secondary N) is 1. The fourth-order valence-corrected chi connectivity index (χ4v) is 4.87. The maximum absolute atomic E-state index is 12.7. The molecule has 8 heteroatoms. The lowest BCUT2D eigenvalue weighted by molar-refractivity contribution is -0.387. The van der Waals surface area contributed by atoms with Gasteiger partial charge in [-0.05, 0) is 70.1 Å². The number of likely N-dealkylation sites (N-methyl/N-ethyl adjacent to an activating group) is 1. The van der Waals surface area contributed by atoms with Gasteiger partial charge in [0.05, 0.1) is 9.82 Å². The number of nitro benzene ring substituents is 1. The van der Waals surface area contributed by atoms with E-state index in [1.54, 1.807) is 12.1 Å². The van der Waals surface area contributed by atoms with E-state index in [4.69, 9.17) is 4.74 Å². The van der Waals surface area contributed by atoms with Crippen LogP contribution in [0, 0.1) is 15.5 Å². The first-order chi connectivity index (χ1) is 16.4. The minimum absolute atomic E-state index is 0.0715. The van der Waals surface area contributed by atoms with Crippen molar-refractivity contribution in [3.05, 3.63) is 58.1 Å². The van der Waals surface area contributed by atoms with Crippen LogP contribution in [0.15, 0.2) is 52.3 Å². The lowest BCUT2D eigenvalue weighted by atomic mass is 9.79. The Labute approximate surface area is 212 Å². The fourth-order valence-electron chi connectivity index (χ4n) is 3.92. The first-order valence-electron chi connectivity index (χ1n) is 12.2. The first kappa shape index (κ1) is 27.0. The number of rotatable bonds is 9. The van der Waals surface area contributed by atoms with Gasteiger partial charge in [0, 0.05) is 34.5 Å². The molecule has 0 aliphatic carbocycles. The van der Waals surface area contributed by atoms with Crippen molar-refractivity contribution in [2.75, 3.05) is 19.6 Å². The molecule has 0 radical (unpaired) electrons. The van der Waals surface area contributed by atoms with E-state index in [9.17, 15) is 14.9 Å². The predicted molar refractivity (Wildman–Crippen MR) is 140 cm³/mol. The van der Waals surface area contributed by atoms with Crippen LogP contribution in [0.2, 0.25) is 0 Å². The lowest BCUT2D eigenvalue weighted by Gasteiger charge is -2.39. The van der Waals surface area contributed by atoms with E-state index in [0.717, 1.165) is 30.8 Å². The zero-order valence-corrected chi connectivity index (χ0v) is 22.4. The monoisotopic (exact) mass is 499 g/mol. The van der Waals surface area contributed by atoms with Gasteiger partial charge in [-0.1, -0.05) is 45.5 Å². The zero-order chi connectivity index (χ0) is 25.8. The third kappa shape index (κ3) is 6.76. The van der Waals surface area contributed by atoms with E-state index < -0.39 is 10.5 Å². The summed E-state index contributed by atoms with van der Waals surface area (Å²) in [6.07, 6.45) is 2.19. The Balaban J connectivity index is 1.74. The molecule has 2 aromatic rings. The second-order valence-electron chi connectivity index (χ2n) is 10.5. The van der Waals surface area contributed by atoms with Crippen LogP contribution in [0.3, 0.4) is 0 Å². The van der Waals surface area contributed by atoms with Crippen LogP contribution in [0.5, 0.6) is 5.75 Å². The molecule has 0 spiro atoms. The van der Waals surface area contributed by atoms with Gasteiger partial charge in [-0.25, -0.2) is 0 Å². The molecular formula is C27H37N3O4S. The Morgan fingerprint density at radius 1 is 1.20 bits per heavy atom. The quantitative estimate of drug-likeness (QED) is 0.328. The number of carbonyl (C=O) groups excluding carboxylic acids is 1. The van der Waals surface area contributed by atoms with Crippen molar-refractivity contribution in [1.82, 2.24) is 10.2 Å². The molecule has 35 heavy (non-hydrogen) atoms. The standard InChI is InChI=1S/C27H37N3O4S/c1-7-29-15-9-10-20(29)18-28-25(31)19-13-14-24(23(16-19)30(32)33)35-22-12-8-11-21(17-22)34-27(5,6)26(2,3)4/h8,11-14,16-17,20H,7,9-10,15,18H2,1-6H3,(H,28,31). The van der Waals surface area contributed by atoms with Crippen LogP contribution in [0.25, 0.3) is 0 Å². The third-order valence-electron chi connectivity index (χ3n) is 7.03. The van der Waals surface area contributed by atoms with Gasteiger partial charge < -0.3 is 10.1 Å². The Kier molecular flexibility index (Phi) is 8.49. The van der Waals surface area contributed by atoms with Gasteiger partial charge in [0.25, 0.3) is 11.6 Å². The minimum atomic E-state index is -0.433. The maximum atomic E-state index is 12.7. The summed E-state index contributed by atoms with van der Waals surface area (Å²) in [5, 5.41) is 14.8. The lowest BCUT2D eigenvalue weighted by Crippen LogP contribution is -2.42. The molecule has 1 heterocycles. The van der Waals surface area contributed by atoms with Crippen molar-refractivity contribution >= 4 is 23.4 Å². The Bertz CT molecular complexity index is 1060. The highest BCUT2D eigenvalue weighted by Gasteiger charge is 2.35. The van der Waals surface area contributed by atoms with Crippen molar-refractivity contribution in [3.8, 4) is 5.75 Å². The number of nitro groups is 1. The number of amides is 1. The van der Waals surface area contributed by atoms with E-state index in [1.165, 1.54) is 17.8 Å². The highest BCUT2D eigenvalue weighted by molar-refractivity contribution is 7.99.